The second-order valence-electron chi connectivity index (χ2n) is 6.88. The van der Waals surface area contributed by atoms with E-state index in [2.05, 4.69) is 20.1 Å². The number of H-pyrrole nitrogens is 2. The molecule has 0 amide bonds. The van der Waals surface area contributed by atoms with E-state index in [-0.39, 0.29) is 5.56 Å². The topological polar surface area (TPSA) is 74.0 Å². The minimum Gasteiger partial charge on any atom is -0.497 e. The average molecular weight is 374 g/mol. The molecule has 0 aliphatic heterocycles. The summed E-state index contributed by atoms with van der Waals surface area (Å²) >= 11 is 0. The Morgan fingerprint density at radius 2 is 1.86 bits per heavy atom. The third-order valence-electron chi connectivity index (χ3n) is 4.79. The van der Waals surface area contributed by atoms with E-state index in [4.69, 9.17) is 4.74 Å². The summed E-state index contributed by atoms with van der Waals surface area (Å²) in [6.07, 6.45) is 1.85. The summed E-state index contributed by atoms with van der Waals surface area (Å²) < 4.78 is 5.33. The van der Waals surface area contributed by atoms with E-state index in [1.165, 1.54) is 0 Å². The maximum atomic E-state index is 12.0. The molecule has 2 aromatic carbocycles. The van der Waals surface area contributed by atoms with Gasteiger partial charge >= 0.3 is 0 Å². The van der Waals surface area contributed by atoms with E-state index in [9.17, 15) is 4.79 Å². The molecule has 0 saturated heterocycles. The van der Waals surface area contributed by atoms with Gasteiger partial charge in [0.1, 0.15) is 5.75 Å². The van der Waals surface area contributed by atoms with Gasteiger partial charge in [-0.05, 0) is 30.8 Å². The van der Waals surface area contributed by atoms with Crippen LogP contribution >= 0.6 is 0 Å². The number of aromatic nitrogens is 3. The Bertz CT molecular complexity index is 1160. The predicted octanol–water partition coefficient (Wildman–Crippen LogP) is 3.56. The molecule has 0 unspecified atom stereocenters. The number of pyridine rings is 1. The molecule has 2 aromatic heterocycles. The summed E-state index contributed by atoms with van der Waals surface area (Å²) in [5.74, 6) is 0.807. The smallest absolute Gasteiger partial charge is 0.248 e. The van der Waals surface area contributed by atoms with Crippen molar-refractivity contribution >= 4 is 10.9 Å². The van der Waals surface area contributed by atoms with Crippen molar-refractivity contribution in [3.05, 3.63) is 82.3 Å². The molecule has 4 rings (SSSR count). The zero-order chi connectivity index (χ0) is 19.5. The predicted molar refractivity (Wildman–Crippen MR) is 110 cm³/mol. The molecule has 6 nitrogen and oxygen atoms in total. The number of rotatable bonds is 6. The zero-order valence-electron chi connectivity index (χ0n) is 15.9. The number of hydrogen-bond acceptors (Lipinski definition) is 4. The molecular formula is C22H22N4O2. The van der Waals surface area contributed by atoms with Gasteiger partial charge in [0, 0.05) is 41.2 Å². The van der Waals surface area contributed by atoms with E-state index in [0.717, 1.165) is 39.0 Å². The highest BCUT2D eigenvalue weighted by Gasteiger charge is 2.12. The van der Waals surface area contributed by atoms with Crippen LogP contribution in [0.1, 0.15) is 11.1 Å². The van der Waals surface area contributed by atoms with Crippen LogP contribution in [0, 0.1) is 0 Å². The number of hydrogen-bond donors (Lipinski definition) is 2. The van der Waals surface area contributed by atoms with Crippen LogP contribution in [0.5, 0.6) is 5.75 Å². The molecular weight excluding hydrogens is 352 g/mol. The molecule has 6 heteroatoms. The van der Waals surface area contributed by atoms with Crippen molar-refractivity contribution in [1.82, 2.24) is 20.1 Å². The monoisotopic (exact) mass is 374 g/mol. The fourth-order valence-electron chi connectivity index (χ4n) is 3.50. The zero-order valence-corrected chi connectivity index (χ0v) is 15.9. The molecule has 0 bridgehead atoms. The van der Waals surface area contributed by atoms with E-state index in [1.54, 1.807) is 13.2 Å². The Morgan fingerprint density at radius 3 is 2.71 bits per heavy atom. The Kier molecular flexibility index (Phi) is 4.95. The second kappa shape index (κ2) is 7.70. The maximum Gasteiger partial charge on any atom is 0.248 e. The van der Waals surface area contributed by atoms with Crippen molar-refractivity contribution < 1.29 is 4.74 Å². The van der Waals surface area contributed by atoms with Gasteiger partial charge in [0.05, 0.1) is 19.0 Å². The van der Waals surface area contributed by atoms with Crippen molar-refractivity contribution in [2.75, 3.05) is 14.2 Å². The molecule has 0 spiro atoms. The van der Waals surface area contributed by atoms with Gasteiger partial charge in [-0.25, -0.2) is 0 Å². The van der Waals surface area contributed by atoms with E-state index in [0.29, 0.717) is 13.1 Å². The lowest BCUT2D eigenvalue weighted by atomic mass is 10.1. The lowest BCUT2D eigenvalue weighted by Gasteiger charge is -2.18. The van der Waals surface area contributed by atoms with Crippen LogP contribution in [0.15, 0.2) is 65.6 Å². The van der Waals surface area contributed by atoms with Crippen molar-refractivity contribution in [2.24, 2.45) is 0 Å². The second-order valence-corrected chi connectivity index (χ2v) is 6.88. The Labute approximate surface area is 162 Å². The fraction of sp³-hybridized carbons (Fsp3) is 0.182. The molecule has 2 heterocycles. The van der Waals surface area contributed by atoms with Gasteiger partial charge in [0.2, 0.25) is 5.56 Å². The molecule has 0 radical (unpaired) electrons. The molecule has 0 aliphatic rings. The highest BCUT2D eigenvalue weighted by Crippen LogP contribution is 2.26. The summed E-state index contributed by atoms with van der Waals surface area (Å²) in [5.41, 5.74) is 4.88. The van der Waals surface area contributed by atoms with E-state index >= 15 is 0 Å². The third kappa shape index (κ3) is 3.68. The van der Waals surface area contributed by atoms with Crippen molar-refractivity contribution in [2.45, 2.75) is 13.1 Å². The number of fused-ring (bicyclic) bond motifs is 1. The van der Waals surface area contributed by atoms with Crippen molar-refractivity contribution in [3.8, 4) is 17.0 Å². The summed E-state index contributed by atoms with van der Waals surface area (Å²) in [6, 6.07) is 17.5. The van der Waals surface area contributed by atoms with Crippen LogP contribution in [0.2, 0.25) is 0 Å². The first-order valence-corrected chi connectivity index (χ1v) is 9.10. The van der Waals surface area contributed by atoms with E-state index < -0.39 is 0 Å². The van der Waals surface area contributed by atoms with Crippen LogP contribution in [-0.4, -0.2) is 34.2 Å². The van der Waals surface area contributed by atoms with E-state index in [1.807, 2.05) is 61.8 Å². The first kappa shape index (κ1) is 18.0. The Balaban J connectivity index is 1.58. The Hall–Kier alpha value is -3.38. The molecule has 0 atom stereocenters. The third-order valence-corrected chi connectivity index (χ3v) is 4.79. The number of nitrogens with one attached hydrogen (secondary N) is 2. The number of benzene rings is 2. The van der Waals surface area contributed by atoms with Gasteiger partial charge in [-0.1, -0.05) is 30.3 Å². The number of methoxy groups -OCH3 is 1. The van der Waals surface area contributed by atoms with Crippen LogP contribution in [0.4, 0.5) is 0 Å². The molecule has 2 N–H and O–H groups in total. The molecule has 4 aromatic rings. The molecule has 28 heavy (non-hydrogen) atoms. The fourth-order valence-corrected chi connectivity index (χ4v) is 3.50. The van der Waals surface area contributed by atoms with Crippen LogP contribution in [0.25, 0.3) is 22.2 Å². The van der Waals surface area contributed by atoms with Crippen LogP contribution in [0.3, 0.4) is 0 Å². The van der Waals surface area contributed by atoms with Crippen LogP contribution in [-0.2, 0) is 13.1 Å². The van der Waals surface area contributed by atoms with Gasteiger partial charge in [-0.2, -0.15) is 5.10 Å². The average Bonchev–Trinajstić information content (AvgIpc) is 3.16. The number of aromatic amines is 2. The molecule has 142 valence electrons. The van der Waals surface area contributed by atoms with Gasteiger partial charge < -0.3 is 9.72 Å². The van der Waals surface area contributed by atoms with Crippen LogP contribution < -0.4 is 10.3 Å². The van der Waals surface area contributed by atoms with Gasteiger partial charge in [-0.15, -0.1) is 0 Å². The quantitative estimate of drug-likeness (QED) is 0.541. The standard InChI is InChI=1S/C22H22N4O2/c1-26(13-16-11-21(27)24-20-9-4-3-8-19(16)20)14-17-12-23-25-22(17)15-6-5-7-18(10-15)28-2/h3-12H,13-14H2,1-2H3,(H,23,25)(H,24,27). The van der Waals surface area contributed by atoms with Gasteiger partial charge in [0.15, 0.2) is 0 Å². The summed E-state index contributed by atoms with van der Waals surface area (Å²) in [7, 11) is 3.70. The highest BCUT2D eigenvalue weighted by molar-refractivity contribution is 5.81. The lowest BCUT2D eigenvalue weighted by molar-refractivity contribution is 0.320. The minimum absolute atomic E-state index is 0.0810. The van der Waals surface area contributed by atoms with Gasteiger partial charge in [0.25, 0.3) is 0 Å². The molecule has 0 fully saturated rings. The first-order chi connectivity index (χ1) is 13.6. The van der Waals surface area contributed by atoms with Crippen molar-refractivity contribution in [3.63, 3.8) is 0 Å². The maximum absolute atomic E-state index is 12.0. The number of nitrogens with zero attached hydrogens (tertiary/aromatic N) is 2. The molecule has 0 saturated carbocycles. The summed E-state index contributed by atoms with van der Waals surface area (Å²) in [6.45, 7) is 1.36. The first-order valence-electron chi connectivity index (χ1n) is 9.10. The SMILES string of the molecule is COc1cccc(-c2[nH]ncc2CN(C)Cc2cc(=O)[nH]c3ccccc23)c1. The lowest BCUT2D eigenvalue weighted by Crippen LogP contribution is -2.19. The molecule has 0 aliphatic carbocycles. The number of para-hydroxylation sites is 1. The Morgan fingerprint density at radius 1 is 1.04 bits per heavy atom. The largest absolute Gasteiger partial charge is 0.497 e. The minimum atomic E-state index is -0.0810. The summed E-state index contributed by atoms with van der Waals surface area (Å²) in [5, 5.41) is 8.39. The summed E-state index contributed by atoms with van der Waals surface area (Å²) in [4.78, 5) is 17.1. The number of ether oxygens (including phenoxy) is 1. The highest BCUT2D eigenvalue weighted by atomic mass is 16.5. The van der Waals surface area contributed by atoms with Crippen molar-refractivity contribution in [1.29, 1.82) is 0 Å². The van der Waals surface area contributed by atoms with Gasteiger partial charge in [-0.3, -0.25) is 14.8 Å². The normalized spacial score (nSPS) is 11.2.